The third-order valence-electron chi connectivity index (χ3n) is 3.20. The van der Waals surface area contributed by atoms with Crippen molar-refractivity contribution in [1.29, 1.82) is 0 Å². The van der Waals surface area contributed by atoms with Gasteiger partial charge < -0.3 is 15.2 Å². The van der Waals surface area contributed by atoms with Gasteiger partial charge in [0.2, 0.25) is 0 Å². The van der Waals surface area contributed by atoms with Gasteiger partial charge in [0, 0.05) is 18.3 Å². The lowest BCUT2D eigenvalue weighted by Crippen LogP contribution is -2.18. The van der Waals surface area contributed by atoms with Gasteiger partial charge in [-0.05, 0) is 35.9 Å². The van der Waals surface area contributed by atoms with Crippen LogP contribution in [0.5, 0.6) is 5.75 Å². The highest BCUT2D eigenvalue weighted by Gasteiger charge is 2.18. The van der Waals surface area contributed by atoms with Gasteiger partial charge >= 0.3 is 5.97 Å². The lowest BCUT2D eigenvalue weighted by molar-refractivity contribution is 0.0691. The quantitative estimate of drug-likeness (QED) is 0.899. The summed E-state index contributed by atoms with van der Waals surface area (Å²) in [5.41, 5.74) is 1.37. The SMILES string of the molecule is O=C(O)c1cccnc1C(=O)Nc1ccc2c(c1)CCO2. The molecule has 0 saturated heterocycles. The van der Waals surface area contributed by atoms with Crippen LogP contribution in [0.15, 0.2) is 36.5 Å². The number of hydrogen-bond donors (Lipinski definition) is 2. The number of anilines is 1. The fourth-order valence-electron chi connectivity index (χ4n) is 2.21. The Morgan fingerprint density at radius 2 is 2.14 bits per heavy atom. The number of fused-ring (bicyclic) bond motifs is 1. The molecule has 1 amide bonds. The van der Waals surface area contributed by atoms with Crippen LogP contribution < -0.4 is 10.1 Å². The number of aromatic nitrogens is 1. The third kappa shape index (κ3) is 2.55. The van der Waals surface area contributed by atoms with Crippen LogP contribution in [0.25, 0.3) is 0 Å². The number of nitrogens with one attached hydrogen (secondary N) is 1. The normalized spacial score (nSPS) is 12.4. The zero-order valence-electron chi connectivity index (χ0n) is 11.0. The average Bonchev–Trinajstić information content (AvgIpc) is 2.94. The molecule has 1 aliphatic rings. The number of amides is 1. The Kier molecular flexibility index (Phi) is 3.27. The highest BCUT2D eigenvalue weighted by Crippen LogP contribution is 2.28. The van der Waals surface area contributed by atoms with E-state index < -0.39 is 11.9 Å². The Hall–Kier alpha value is -2.89. The average molecular weight is 284 g/mol. The summed E-state index contributed by atoms with van der Waals surface area (Å²) in [6.07, 6.45) is 2.18. The summed E-state index contributed by atoms with van der Waals surface area (Å²) in [6, 6.07) is 8.15. The maximum atomic E-state index is 12.2. The van der Waals surface area contributed by atoms with Gasteiger partial charge in [0.1, 0.15) is 11.4 Å². The molecule has 1 aliphatic heterocycles. The van der Waals surface area contributed by atoms with Gasteiger partial charge in [-0.1, -0.05) is 0 Å². The predicted octanol–water partition coefficient (Wildman–Crippen LogP) is 1.97. The van der Waals surface area contributed by atoms with Crippen LogP contribution in [-0.2, 0) is 6.42 Å². The molecule has 2 aromatic rings. The first kappa shape index (κ1) is 13.1. The monoisotopic (exact) mass is 284 g/mol. The van der Waals surface area contributed by atoms with Gasteiger partial charge in [-0.2, -0.15) is 0 Å². The van der Waals surface area contributed by atoms with E-state index in [2.05, 4.69) is 10.3 Å². The summed E-state index contributed by atoms with van der Waals surface area (Å²) in [4.78, 5) is 27.1. The molecular formula is C15H12N2O4. The van der Waals surface area contributed by atoms with E-state index in [9.17, 15) is 9.59 Å². The van der Waals surface area contributed by atoms with Crippen LogP contribution in [-0.4, -0.2) is 28.6 Å². The largest absolute Gasteiger partial charge is 0.493 e. The Morgan fingerprint density at radius 1 is 1.29 bits per heavy atom. The first-order valence-corrected chi connectivity index (χ1v) is 6.40. The van der Waals surface area contributed by atoms with Gasteiger partial charge in [-0.3, -0.25) is 9.78 Å². The molecule has 6 heteroatoms. The Balaban J connectivity index is 1.85. The molecule has 2 N–H and O–H groups in total. The maximum absolute atomic E-state index is 12.2. The van der Waals surface area contributed by atoms with E-state index in [1.54, 1.807) is 12.1 Å². The van der Waals surface area contributed by atoms with Crippen LogP contribution >= 0.6 is 0 Å². The number of carboxylic acids is 1. The summed E-state index contributed by atoms with van der Waals surface area (Å²) >= 11 is 0. The highest BCUT2D eigenvalue weighted by atomic mass is 16.5. The summed E-state index contributed by atoms with van der Waals surface area (Å²) in [7, 11) is 0. The van der Waals surface area contributed by atoms with Crippen LogP contribution in [0.2, 0.25) is 0 Å². The predicted molar refractivity (Wildman–Crippen MR) is 74.8 cm³/mol. The zero-order chi connectivity index (χ0) is 14.8. The summed E-state index contributed by atoms with van der Waals surface area (Å²) in [5.74, 6) is -0.917. The van der Waals surface area contributed by atoms with Gasteiger partial charge in [0.15, 0.2) is 0 Å². The fourth-order valence-corrected chi connectivity index (χ4v) is 2.21. The maximum Gasteiger partial charge on any atom is 0.338 e. The highest BCUT2D eigenvalue weighted by molar-refractivity contribution is 6.09. The van der Waals surface area contributed by atoms with Crippen LogP contribution in [0.3, 0.4) is 0 Å². The molecule has 0 atom stereocenters. The van der Waals surface area contributed by atoms with E-state index in [0.717, 1.165) is 17.7 Å². The molecule has 0 radical (unpaired) electrons. The lowest BCUT2D eigenvalue weighted by atomic mass is 10.1. The third-order valence-corrected chi connectivity index (χ3v) is 3.20. The van der Waals surface area contributed by atoms with Crippen molar-refractivity contribution in [2.75, 3.05) is 11.9 Å². The van der Waals surface area contributed by atoms with E-state index in [1.165, 1.54) is 18.3 Å². The molecular weight excluding hydrogens is 272 g/mol. The molecule has 3 rings (SSSR count). The molecule has 106 valence electrons. The Bertz CT molecular complexity index is 727. The second-order valence-electron chi connectivity index (χ2n) is 4.58. The number of benzene rings is 1. The van der Waals surface area contributed by atoms with Crippen LogP contribution in [0.1, 0.15) is 26.4 Å². The minimum Gasteiger partial charge on any atom is -0.493 e. The molecule has 0 bridgehead atoms. The zero-order valence-corrected chi connectivity index (χ0v) is 11.0. The van der Waals surface area contributed by atoms with Crippen molar-refractivity contribution in [3.8, 4) is 5.75 Å². The van der Waals surface area contributed by atoms with E-state index in [1.807, 2.05) is 6.07 Å². The summed E-state index contributed by atoms with van der Waals surface area (Å²) in [6.45, 7) is 0.635. The van der Waals surface area contributed by atoms with E-state index >= 15 is 0 Å². The topological polar surface area (TPSA) is 88.5 Å². The smallest absolute Gasteiger partial charge is 0.338 e. The molecule has 0 spiro atoms. The fraction of sp³-hybridized carbons (Fsp3) is 0.133. The molecule has 1 aromatic heterocycles. The second-order valence-corrected chi connectivity index (χ2v) is 4.58. The summed E-state index contributed by atoms with van der Waals surface area (Å²) in [5, 5.41) is 11.7. The number of rotatable bonds is 3. The number of ether oxygens (including phenoxy) is 1. The molecule has 21 heavy (non-hydrogen) atoms. The van der Waals surface area contributed by atoms with Crippen molar-refractivity contribution >= 4 is 17.6 Å². The summed E-state index contributed by atoms with van der Waals surface area (Å²) < 4.78 is 5.39. The number of nitrogens with zero attached hydrogens (tertiary/aromatic N) is 1. The van der Waals surface area contributed by atoms with Gasteiger partial charge in [0.05, 0.1) is 12.2 Å². The van der Waals surface area contributed by atoms with Gasteiger partial charge in [-0.15, -0.1) is 0 Å². The number of hydrogen-bond acceptors (Lipinski definition) is 4. The van der Waals surface area contributed by atoms with E-state index in [-0.39, 0.29) is 11.3 Å². The van der Waals surface area contributed by atoms with Crippen molar-refractivity contribution < 1.29 is 19.4 Å². The van der Waals surface area contributed by atoms with Crippen molar-refractivity contribution in [3.63, 3.8) is 0 Å². The molecule has 2 heterocycles. The Morgan fingerprint density at radius 3 is 2.95 bits per heavy atom. The standard InChI is InChI=1S/C15H12N2O4/c18-14(13-11(15(19)20)2-1-6-16-13)17-10-3-4-12-9(8-10)5-7-21-12/h1-4,6,8H,5,7H2,(H,17,18)(H,19,20). The van der Waals surface area contributed by atoms with Crippen molar-refractivity contribution in [2.45, 2.75) is 6.42 Å². The number of carbonyl (C=O) groups excluding carboxylic acids is 1. The first-order valence-electron chi connectivity index (χ1n) is 6.40. The number of carbonyl (C=O) groups is 2. The molecule has 0 saturated carbocycles. The van der Waals surface area contributed by atoms with Crippen LogP contribution in [0.4, 0.5) is 5.69 Å². The Labute approximate surface area is 120 Å². The molecule has 6 nitrogen and oxygen atoms in total. The van der Waals surface area contributed by atoms with E-state index in [0.29, 0.717) is 12.3 Å². The minimum atomic E-state index is -1.18. The van der Waals surface area contributed by atoms with Gasteiger partial charge in [-0.25, -0.2) is 4.79 Å². The van der Waals surface area contributed by atoms with Crippen molar-refractivity contribution in [2.24, 2.45) is 0 Å². The van der Waals surface area contributed by atoms with Crippen molar-refractivity contribution in [1.82, 2.24) is 4.98 Å². The molecule has 0 aliphatic carbocycles. The van der Waals surface area contributed by atoms with Gasteiger partial charge in [0.25, 0.3) is 5.91 Å². The molecule has 0 fully saturated rings. The number of aromatic carboxylic acids is 1. The second kappa shape index (κ2) is 5.24. The minimum absolute atomic E-state index is 0.109. The van der Waals surface area contributed by atoms with Crippen LogP contribution in [0, 0.1) is 0 Å². The number of pyridine rings is 1. The van der Waals surface area contributed by atoms with Crippen molar-refractivity contribution in [3.05, 3.63) is 53.3 Å². The lowest BCUT2D eigenvalue weighted by Gasteiger charge is -2.08. The number of carboxylic acid groups (broad SMARTS) is 1. The molecule has 1 aromatic carbocycles. The first-order chi connectivity index (χ1) is 10.1. The molecule has 0 unspecified atom stereocenters. The van der Waals surface area contributed by atoms with E-state index in [4.69, 9.17) is 9.84 Å².